The fourth-order valence-electron chi connectivity index (χ4n) is 5.63. The van der Waals surface area contributed by atoms with Gasteiger partial charge in [-0.1, -0.05) is 32.0 Å². The second-order valence-corrected chi connectivity index (χ2v) is 10.5. The molecule has 2 aromatic carbocycles. The smallest absolute Gasteiger partial charge is 0.253 e. The number of aliphatic hydroxyl groups is 1. The van der Waals surface area contributed by atoms with Crippen LogP contribution in [-0.4, -0.2) is 33.6 Å². The van der Waals surface area contributed by atoms with Crippen LogP contribution in [0.2, 0.25) is 0 Å². The van der Waals surface area contributed by atoms with Crippen molar-refractivity contribution in [3.8, 4) is 11.1 Å². The SMILES string of the molecule is CC1(C)CC(=O)n2c(c(-c3cc(F)c(C(N)=O)c(NC4CCC(O)CC4)c3)c3ccccc32)C1. The van der Waals surface area contributed by atoms with Crippen molar-refractivity contribution in [2.45, 2.75) is 64.5 Å². The summed E-state index contributed by atoms with van der Waals surface area (Å²) < 4.78 is 17.1. The van der Waals surface area contributed by atoms with Crippen molar-refractivity contribution >= 4 is 28.4 Å². The highest BCUT2D eigenvalue weighted by Crippen LogP contribution is 2.44. The number of rotatable bonds is 4. The van der Waals surface area contributed by atoms with Crippen LogP contribution in [0, 0.1) is 11.2 Å². The van der Waals surface area contributed by atoms with Crippen LogP contribution in [0.3, 0.4) is 0 Å². The van der Waals surface area contributed by atoms with Gasteiger partial charge in [0.25, 0.3) is 5.91 Å². The lowest BCUT2D eigenvalue weighted by Crippen LogP contribution is -2.31. The van der Waals surface area contributed by atoms with E-state index in [4.69, 9.17) is 5.73 Å². The third-order valence-electron chi connectivity index (χ3n) is 7.18. The van der Waals surface area contributed by atoms with Gasteiger partial charge in [0.2, 0.25) is 5.91 Å². The van der Waals surface area contributed by atoms with Gasteiger partial charge in [-0.3, -0.25) is 14.2 Å². The van der Waals surface area contributed by atoms with E-state index in [9.17, 15) is 14.7 Å². The summed E-state index contributed by atoms with van der Waals surface area (Å²) in [6, 6.07) is 10.8. The maximum absolute atomic E-state index is 15.4. The number of hydrogen-bond donors (Lipinski definition) is 3. The molecule has 0 saturated heterocycles. The predicted molar refractivity (Wildman–Crippen MR) is 130 cm³/mol. The monoisotopic (exact) mass is 463 g/mol. The van der Waals surface area contributed by atoms with Gasteiger partial charge in [-0.05, 0) is 61.3 Å². The first-order chi connectivity index (χ1) is 16.1. The number of benzene rings is 2. The van der Waals surface area contributed by atoms with Gasteiger partial charge < -0.3 is 16.2 Å². The van der Waals surface area contributed by atoms with Crippen LogP contribution in [0.25, 0.3) is 22.0 Å². The number of halogens is 1. The number of hydrogen-bond acceptors (Lipinski definition) is 4. The van der Waals surface area contributed by atoms with E-state index in [0.717, 1.165) is 35.0 Å². The number of para-hydroxylation sites is 1. The van der Waals surface area contributed by atoms with Crippen molar-refractivity contribution in [3.63, 3.8) is 0 Å². The highest BCUT2D eigenvalue weighted by Gasteiger charge is 2.35. The molecule has 0 spiro atoms. The summed E-state index contributed by atoms with van der Waals surface area (Å²) in [5, 5.41) is 14.0. The number of amides is 1. The molecule has 1 aromatic heterocycles. The number of carbonyl (C=O) groups is 2. The van der Waals surface area contributed by atoms with Crippen LogP contribution < -0.4 is 11.1 Å². The minimum absolute atomic E-state index is 0.0105. The summed E-state index contributed by atoms with van der Waals surface area (Å²) in [7, 11) is 0. The first-order valence-electron chi connectivity index (χ1n) is 11.9. The quantitative estimate of drug-likeness (QED) is 0.514. The van der Waals surface area contributed by atoms with Crippen molar-refractivity contribution in [2.75, 3.05) is 5.32 Å². The molecule has 0 bridgehead atoms. The topological polar surface area (TPSA) is 97.4 Å². The van der Waals surface area contributed by atoms with E-state index in [0.29, 0.717) is 36.9 Å². The molecule has 4 N–H and O–H groups in total. The van der Waals surface area contributed by atoms with Gasteiger partial charge in [0.05, 0.1) is 22.9 Å². The maximum Gasteiger partial charge on any atom is 0.253 e. The van der Waals surface area contributed by atoms with Gasteiger partial charge in [-0.25, -0.2) is 4.39 Å². The van der Waals surface area contributed by atoms with E-state index >= 15 is 4.39 Å². The Hall–Kier alpha value is -3.19. The van der Waals surface area contributed by atoms with E-state index < -0.39 is 11.7 Å². The minimum Gasteiger partial charge on any atom is -0.393 e. The van der Waals surface area contributed by atoms with E-state index in [2.05, 4.69) is 19.2 Å². The molecular formula is C27H30FN3O3. The molecule has 5 rings (SSSR count). The summed E-state index contributed by atoms with van der Waals surface area (Å²) in [6.07, 6.45) is 3.54. The zero-order valence-corrected chi connectivity index (χ0v) is 19.5. The Morgan fingerprint density at radius 3 is 2.56 bits per heavy atom. The molecule has 1 aliphatic carbocycles. The van der Waals surface area contributed by atoms with Crippen LogP contribution in [0.1, 0.15) is 66.8 Å². The van der Waals surface area contributed by atoms with Crippen LogP contribution in [0.5, 0.6) is 0 Å². The van der Waals surface area contributed by atoms with Gasteiger partial charge in [0, 0.05) is 29.1 Å². The molecule has 1 aliphatic heterocycles. The molecule has 0 atom stereocenters. The molecule has 1 fully saturated rings. The molecule has 2 heterocycles. The first-order valence-corrected chi connectivity index (χ1v) is 11.9. The van der Waals surface area contributed by atoms with Crippen molar-refractivity contribution in [1.82, 2.24) is 4.57 Å². The molecule has 34 heavy (non-hydrogen) atoms. The number of carbonyl (C=O) groups excluding carboxylic acids is 2. The Labute approximate surface area is 197 Å². The highest BCUT2D eigenvalue weighted by atomic mass is 19.1. The second kappa shape index (κ2) is 8.24. The van der Waals surface area contributed by atoms with Crippen LogP contribution in [-0.2, 0) is 6.42 Å². The van der Waals surface area contributed by atoms with E-state index in [1.807, 2.05) is 24.3 Å². The molecule has 1 amide bonds. The number of anilines is 1. The Morgan fingerprint density at radius 2 is 1.85 bits per heavy atom. The number of primary amides is 1. The largest absolute Gasteiger partial charge is 0.393 e. The number of nitrogens with two attached hydrogens (primary N) is 1. The van der Waals surface area contributed by atoms with Crippen molar-refractivity contribution in [2.24, 2.45) is 11.1 Å². The molecule has 3 aromatic rings. The normalized spacial score (nSPS) is 21.9. The van der Waals surface area contributed by atoms with Crippen molar-refractivity contribution < 1.29 is 19.1 Å². The average molecular weight is 464 g/mol. The summed E-state index contributed by atoms with van der Waals surface area (Å²) in [4.78, 5) is 25.3. The number of nitrogens with one attached hydrogen (secondary N) is 1. The Bertz CT molecular complexity index is 1300. The van der Waals surface area contributed by atoms with Crippen LogP contribution >= 0.6 is 0 Å². The number of aliphatic hydroxyl groups excluding tert-OH is 1. The van der Waals surface area contributed by atoms with E-state index in [1.54, 1.807) is 10.6 Å². The summed E-state index contributed by atoms with van der Waals surface area (Å²) in [6.45, 7) is 4.13. The lowest BCUT2D eigenvalue weighted by atomic mass is 9.80. The van der Waals surface area contributed by atoms with Crippen LogP contribution in [0.4, 0.5) is 10.1 Å². The molecule has 2 aliphatic rings. The molecule has 7 heteroatoms. The molecule has 1 saturated carbocycles. The molecule has 0 radical (unpaired) electrons. The fraction of sp³-hybridized carbons (Fsp3) is 0.407. The third-order valence-corrected chi connectivity index (χ3v) is 7.18. The molecule has 0 unspecified atom stereocenters. The van der Waals surface area contributed by atoms with E-state index in [-0.39, 0.29) is 29.0 Å². The molecular weight excluding hydrogens is 433 g/mol. The zero-order valence-electron chi connectivity index (χ0n) is 19.5. The van der Waals surface area contributed by atoms with Gasteiger partial charge in [0.15, 0.2) is 0 Å². The van der Waals surface area contributed by atoms with Crippen LogP contribution in [0.15, 0.2) is 36.4 Å². The van der Waals surface area contributed by atoms with Crippen molar-refractivity contribution in [3.05, 3.63) is 53.5 Å². The number of nitrogens with zero attached hydrogens (tertiary/aromatic N) is 1. The number of fused-ring (bicyclic) bond motifs is 3. The third kappa shape index (κ3) is 3.88. The molecule has 6 nitrogen and oxygen atoms in total. The Balaban J connectivity index is 1.69. The average Bonchev–Trinajstić information content (AvgIpc) is 3.07. The fourth-order valence-corrected chi connectivity index (χ4v) is 5.63. The standard InChI is InChI=1S/C27H30FN3O3/c1-27(2)13-22-24(18-5-3-4-6-21(18)31(22)23(33)14-27)15-11-19(28)25(26(29)34)20(12-15)30-16-7-9-17(32)10-8-16/h3-6,11-12,16-17,30,32H,7-10,13-14H2,1-2H3,(H2,29,34). The second-order valence-electron chi connectivity index (χ2n) is 10.5. The first kappa shape index (κ1) is 22.6. The van der Waals surface area contributed by atoms with Gasteiger partial charge in [0.1, 0.15) is 5.82 Å². The number of aromatic nitrogens is 1. The van der Waals surface area contributed by atoms with Gasteiger partial charge in [-0.2, -0.15) is 0 Å². The lowest BCUT2D eigenvalue weighted by molar-refractivity contribution is 0.0816. The molecule has 178 valence electrons. The summed E-state index contributed by atoms with van der Waals surface area (Å²) in [5.74, 6) is -1.49. The highest BCUT2D eigenvalue weighted by molar-refractivity contribution is 6.06. The predicted octanol–water partition coefficient (Wildman–Crippen LogP) is 4.87. The lowest BCUT2D eigenvalue weighted by Gasteiger charge is -2.31. The summed E-state index contributed by atoms with van der Waals surface area (Å²) in [5.41, 5.74) is 8.63. The zero-order chi connectivity index (χ0) is 24.2. The van der Waals surface area contributed by atoms with Gasteiger partial charge >= 0.3 is 0 Å². The van der Waals surface area contributed by atoms with E-state index in [1.165, 1.54) is 6.07 Å². The minimum atomic E-state index is -0.831. The van der Waals surface area contributed by atoms with Gasteiger partial charge in [-0.15, -0.1) is 0 Å². The Morgan fingerprint density at radius 1 is 1.15 bits per heavy atom. The Kier molecular flexibility index (Phi) is 5.47. The summed E-state index contributed by atoms with van der Waals surface area (Å²) >= 11 is 0. The van der Waals surface area contributed by atoms with Crippen molar-refractivity contribution in [1.29, 1.82) is 0 Å². The maximum atomic E-state index is 15.4.